The standard InChI is InChI=1S/C22H22F3N5O2/c1-22(2)13-30(7-8-31-22)20-10-18(17(23)12-26-20)28-19-9-15(11-27-29-19)14-3-5-16(6-4-14)32-21(24)25/h3-6,9-12,21H,7-8,13H2,1-2H3,(H,26,28,29). The molecule has 1 aliphatic heterocycles. The smallest absolute Gasteiger partial charge is 0.387 e. The lowest BCUT2D eigenvalue weighted by atomic mass is 10.1. The van der Waals surface area contributed by atoms with Crippen LogP contribution >= 0.6 is 0 Å². The van der Waals surface area contributed by atoms with E-state index < -0.39 is 12.4 Å². The molecule has 10 heteroatoms. The van der Waals surface area contributed by atoms with E-state index >= 15 is 0 Å². The van der Waals surface area contributed by atoms with Crippen molar-refractivity contribution in [3.8, 4) is 16.9 Å². The number of nitrogens with zero attached hydrogens (tertiary/aromatic N) is 4. The minimum Gasteiger partial charge on any atom is -0.435 e. The third kappa shape index (κ3) is 5.25. The van der Waals surface area contributed by atoms with E-state index in [-0.39, 0.29) is 17.0 Å². The first-order valence-electron chi connectivity index (χ1n) is 9.98. The van der Waals surface area contributed by atoms with Gasteiger partial charge in [0, 0.05) is 24.7 Å². The van der Waals surface area contributed by atoms with Gasteiger partial charge in [-0.3, -0.25) is 0 Å². The van der Waals surface area contributed by atoms with Crippen LogP contribution in [-0.2, 0) is 4.74 Å². The number of hydrogen-bond acceptors (Lipinski definition) is 7. The van der Waals surface area contributed by atoms with Gasteiger partial charge in [0.05, 0.1) is 30.3 Å². The molecule has 0 atom stereocenters. The Morgan fingerprint density at radius 3 is 2.62 bits per heavy atom. The van der Waals surface area contributed by atoms with Gasteiger partial charge in [-0.1, -0.05) is 12.1 Å². The fourth-order valence-electron chi connectivity index (χ4n) is 3.46. The summed E-state index contributed by atoms with van der Waals surface area (Å²) in [4.78, 5) is 6.26. The van der Waals surface area contributed by atoms with Crippen LogP contribution in [0.25, 0.3) is 11.1 Å². The molecule has 0 unspecified atom stereocenters. The molecule has 168 valence electrons. The molecule has 0 spiro atoms. The maximum absolute atomic E-state index is 14.5. The summed E-state index contributed by atoms with van der Waals surface area (Å²) in [6.45, 7) is 2.95. The molecule has 3 heterocycles. The summed E-state index contributed by atoms with van der Waals surface area (Å²) in [6, 6.07) is 9.45. The SMILES string of the molecule is CC1(C)CN(c2cc(Nc3cc(-c4ccc(OC(F)F)cc4)cnn3)c(F)cn2)CCO1. The zero-order valence-corrected chi connectivity index (χ0v) is 17.6. The Morgan fingerprint density at radius 1 is 1.12 bits per heavy atom. The topological polar surface area (TPSA) is 72.4 Å². The number of morpholine rings is 1. The van der Waals surface area contributed by atoms with Crippen LogP contribution in [0.1, 0.15) is 13.8 Å². The van der Waals surface area contributed by atoms with Crippen molar-refractivity contribution in [3.05, 3.63) is 54.6 Å². The van der Waals surface area contributed by atoms with E-state index in [1.165, 1.54) is 24.5 Å². The van der Waals surface area contributed by atoms with Gasteiger partial charge in [0.2, 0.25) is 0 Å². The first-order chi connectivity index (χ1) is 15.3. The largest absolute Gasteiger partial charge is 0.435 e. The van der Waals surface area contributed by atoms with Crippen molar-refractivity contribution >= 4 is 17.3 Å². The fraction of sp³-hybridized carbons (Fsp3) is 0.318. The lowest BCUT2D eigenvalue weighted by molar-refractivity contribution is -0.0498. The Kier molecular flexibility index (Phi) is 6.13. The number of pyridine rings is 1. The van der Waals surface area contributed by atoms with E-state index in [1.807, 2.05) is 18.7 Å². The molecule has 1 saturated heterocycles. The maximum Gasteiger partial charge on any atom is 0.387 e. The summed E-state index contributed by atoms with van der Waals surface area (Å²) < 4.78 is 49.2. The summed E-state index contributed by atoms with van der Waals surface area (Å²) in [7, 11) is 0. The lowest BCUT2D eigenvalue weighted by Gasteiger charge is -2.38. The van der Waals surface area contributed by atoms with Gasteiger partial charge in [-0.2, -0.15) is 13.9 Å². The van der Waals surface area contributed by atoms with Crippen LogP contribution < -0.4 is 15.0 Å². The number of halogens is 3. The van der Waals surface area contributed by atoms with Crippen molar-refractivity contribution in [1.82, 2.24) is 15.2 Å². The van der Waals surface area contributed by atoms with Crippen LogP contribution in [0.3, 0.4) is 0 Å². The number of alkyl halides is 2. The van der Waals surface area contributed by atoms with Crippen LogP contribution in [0.2, 0.25) is 0 Å². The van der Waals surface area contributed by atoms with Crippen molar-refractivity contribution < 1.29 is 22.6 Å². The third-order valence-electron chi connectivity index (χ3n) is 4.92. The van der Waals surface area contributed by atoms with E-state index in [4.69, 9.17) is 4.74 Å². The molecule has 7 nitrogen and oxygen atoms in total. The molecule has 2 aromatic heterocycles. The van der Waals surface area contributed by atoms with Crippen molar-refractivity contribution in [2.45, 2.75) is 26.1 Å². The second-order valence-corrected chi connectivity index (χ2v) is 7.91. The molecule has 0 amide bonds. The second kappa shape index (κ2) is 8.99. The highest BCUT2D eigenvalue weighted by Crippen LogP contribution is 2.28. The van der Waals surface area contributed by atoms with Crippen molar-refractivity contribution in [3.63, 3.8) is 0 Å². The lowest BCUT2D eigenvalue weighted by Crippen LogP contribution is -2.48. The van der Waals surface area contributed by atoms with Gasteiger partial charge >= 0.3 is 6.61 Å². The monoisotopic (exact) mass is 445 g/mol. The highest BCUT2D eigenvalue weighted by atomic mass is 19.3. The second-order valence-electron chi connectivity index (χ2n) is 7.91. The summed E-state index contributed by atoms with van der Waals surface area (Å²) in [6.07, 6.45) is 2.69. The number of anilines is 3. The van der Waals surface area contributed by atoms with E-state index in [2.05, 4.69) is 25.2 Å². The van der Waals surface area contributed by atoms with E-state index in [0.29, 0.717) is 36.9 Å². The van der Waals surface area contributed by atoms with Crippen LogP contribution in [0.15, 0.2) is 48.8 Å². The van der Waals surface area contributed by atoms with Gasteiger partial charge in [0.25, 0.3) is 0 Å². The van der Waals surface area contributed by atoms with Crippen LogP contribution in [-0.4, -0.2) is 47.1 Å². The Bertz CT molecular complexity index is 1080. The third-order valence-corrected chi connectivity index (χ3v) is 4.92. The number of aromatic nitrogens is 3. The molecule has 4 rings (SSSR count). The molecule has 3 aromatic rings. The number of hydrogen-bond donors (Lipinski definition) is 1. The Hall–Kier alpha value is -3.40. The first kappa shape index (κ1) is 21.8. The molecule has 0 radical (unpaired) electrons. The molecule has 0 saturated carbocycles. The first-order valence-corrected chi connectivity index (χ1v) is 9.98. The predicted molar refractivity (Wildman–Crippen MR) is 114 cm³/mol. The van der Waals surface area contributed by atoms with Gasteiger partial charge in [0.15, 0.2) is 11.6 Å². The average Bonchev–Trinajstić information content (AvgIpc) is 2.75. The summed E-state index contributed by atoms with van der Waals surface area (Å²) in [5, 5.41) is 10.9. The zero-order valence-electron chi connectivity index (χ0n) is 17.6. The van der Waals surface area contributed by atoms with Gasteiger partial charge in [-0.05, 0) is 37.6 Å². The van der Waals surface area contributed by atoms with Crippen molar-refractivity contribution in [1.29, 1.82) is 0 Å². The predicted octanol–water partition coefficient (Wildman–Crippen LogP) is 4.64. The molecule has 0 aliphatic carbocycles. The molecule has 0 bridgehead atoms. The Morgan fingerprint density at radius 2 is 1.91 bits per heavy atom. The molecular formula is C22H22F3N5O2. The van der Waals surface area contributed by atoms with E-state index in [9.17, 15) is 13.2 Å². The number of nitrogens with one attached hydrogen (secondary N) is 1. The Labute approximate surface area is 183 Å². The van der Waals surface area contributed by atoms with Crippen LogP contribution in [0.5, 0.6) is 5.75 Å². The molecule has 32 heavy (non-hydrogen) atoms. The number of benzene rings is 1. The summed E-state index contributed by atoms with van der Waals surface area (Å²) >= 11 is 0. The van der Waals surface area contributed by atoms with Gasteiger partial charge in [-0.25, -0.2) is 9.37 Å². The minimum absolute atomic E-state index is 0.0572. The number of rotatable bonds is 6. The zero-order chi connectivity index (χ0) is 22.7. The molecule has 1 fully saturated rings. The molecular weight excluding hydrogens is 423 g/mol. The molecule has 1 N–H and O–H groups in total. The van der Waals surface area contributed by atoms with Crippen LogP contribution in [0.4, 0.5) is 30.5 Å². The highest BCUT2D eigenvalue weighted by Gasteiger charge is 2.28. The van der Waals surface area contributed by atoms with Crippen LogP contribution in [0, 0.1) is 5.82 Å². The Balaban J connectivity index is 1.53. The number of ether oxygens (including phenoxy) is 2. The fourth-order valence-corrected chi connectivity index (χ4v) is 3.46. The highest BCUT2D eigenvalue weighted by molar-refractivity contribution is 5.69. The molecule has 1 aliphatic rings. The summed E-state index contributed by atoms with van der Waals surface area (Å²) in [5.74, 6) is 0.488. The average molecular weight is 445 g/mol. The minimum atomic E-state index is -2.89. The van der Waals surface area contributed by atoms with Gasteiger partial charge < -0.3 is 19.7 Å². The van der Waals surface area contributed by atoms with Crippen molar-refractivity contribution in [2.24, 2.45) is 0 Å². The van der Waals surface area contributed by atoms with E-state index in [1.54, 1.807) is 24.3 Å². The van der Waals surface area contributed by atoms with E-state index in [0.717, 1.165) is 5.56 Å². The van der Waals surface area contributed by atoms with Gasteiger partial charge in [0.1, 0.15) is 11.6 Å². The van der Waals surface area contributed by atoms with Crippen molar-refractivity contribution in [2.75, 3.05) is 29.9 Å². The normalized spacial score (nSPS) is 15.6. The van der Waals surface area contributed by atoms with Gasteiger partial charge in [-0.15, -0.1) is 5.10 Å². The molecule has 1 aromatic carbocycles. The quantitative estimate of drug-likeness (QED) is 0.593. The summed E-state index contributed by atoms with van der Waals surface area (Å²) in [5.41, 5.74) is 1.29. The maximum atomic E-state index is 14.5.